The van der Waals surface area contributed by atoms with Gasteiger partial charge in [0.1, 0.15) is 0 Å². The van der Waals surface area contributed by atoms with Gasteiger partial charge in [0.05, 0.1) is 5.92 Å². The van der Waals surface area contributed by atoms with Crippen LogP contribution in [0.15, 0.2) is 66.2 Å². The SMILES string of the molecule is CC(C)=C[C@@H]1[C@@H](C(=O)Nc2ccc(C(=O)c3ccccc3)cc2)C1(C)C. The first-order valence-corrected chi connectivity index (χ1v) is 8.96. The molecule has 2 aromatic carbocycles. The summed E-state index contributed by atoms with van der Waals surface area (Å²) >= 11 is 0. The third kappa shape index (κ3) is 3.62. The molecule has 134 valence electrons. The third-order valence-corrected chi connectivity index (χ3v) is 5.16. The van der Waals surface area contributed by atoms with E-state index >= 15 is 0 Å². The summed E-state index contributed by atoms with van der Waals surface area (Å²) in [7, 11) is 0. The first kappa shape index (κ1) is 18.1. The third-order valence-electron chi connectivity index (χ3n) is 5.16. The number of hydrogen-bond acceptors (Lipinski definition) is 2. The van der Waals surface area contributed by atoms with Crippen molar-refractivity contribution in [1.82, 2.24) is 0 Å². The number of anilines is 1. The molecule has 1 amide bonds. The largest absolute Gasteiger partial charge is 0.326 e. The van der Waals surface area contributed by atoms with Crippen molar-refractivity contribution >= 4 is 17.4 Å². The summed E-state index contributed by atoms with van der Waals surface area (Å²) < 4.78 is 0. The van der Waals surface area contributed by atoms with Crippen LogP contribution < -0.4 is 5.32 Å². The van der Waals surface area contributed by atoms with Crippen molar-refractivity contribution in [2.45, 2.75) is 27.7 Å². The van der Waals surface area contributed by atoms with E-state index in [0.717, 1.165) is 5.69 Å². The maximum Gasteiger partial charge on any atom is 0.228 e. The Bertz CT molecular complexity index is 844. The molecule has 0 heterocycles. The van der Waals surface area contributed by atoms with Crippen LogP contribution in [0, 0.1) is 17.3 Å². The highest BCUT2D eigenvalue weighted by atomic mass is 16.2. The highest BCUT2D eigenvalue weighted by Crippen LogP contribution is 2.59. The molecule has 3 rings (SSSR count). The molecule has 2 atom stereocenters. The molecule has 1 saturated carbocycles. The topological polar surface area (TPSA) is 46.2 Å². The number of amides is 1. The van der Waals surface area contributed by atoms with Gasteiger partial charge in [0.25, 0.3) is 0 Å². The van der Waals surface area contributed by atoms with E-state index < -0.39 is 0 Å². The van der Waals surface area contributed by atoms with E-state index in [1.807, 2.05) is 18.2 Å². The van der Waals surface area contributed by atoms with Gasteiger partial charge in [0.15, 0.2) is 5.78 Å². The number of rotatable bonds is 5. The standard InChI is InChI=1S/C23H25NO2/c1-15(2)14-19-20(23(19,3)4)22(26)24-18-12-10-17(11-13-18)21(25)16-8-6-5-7-9-16/h5-14,19-20H,1-4H3,(H,24,26)/t19-,20+/m1/s1. The smallest absolute Gasteiger partial charge is 0.228 e. The Labute approximate surface area is 155 Å². The molecule has 1 fully saturated rings. The minimum Gasteiger partial charge on any atom is -0.326 e. The number of hydrogen-bond donors (Lipinski definition) is 1. The van der Waals surface area contributed by atoms with Crippen LogP contribution in [0.4, 0.5) is 5.69 Å². The van der Waals surface area contributed by atoms with Gasteiger partial charge < -0.3 is 5.32 Å². The predicted molar refractivity (Wildman–Crippen MR) is 105 cm³/mol. The average molecular weight is 347 g/mol. The van der Waals surface area contributed by atoms with Crippen LogP contribution in [0.2, 0.25) is 0 Å². The Kier molecular flexibility index (Phi) is 4.82. The van der Waals surface area contributed by atoms with Crippen LogP contribution in [0.3, 0.4) is 0 Å². The molecule has 0 aliphatic heterocycles. The molecule has 0 spiro atoms. The Hall–Kier alpha value is -2.68. The summed E-state index contributed by atoms with van der Waals surface area (Å²) in [6, 6.07) is 16.3. The van der Waals surface area contributed by atoms with Crippen LogP contribution >= 0.6 is 0 Å². The fourth-order valence-electron chi connectivity index (χ4n) is 3.53. The van der Waals surface area contributed by atoms with E-state index in [1.165, 1.54) is 5.57 Å². The lowest BCUT2D eigenvalue weighted by Crippen LogP contribution is -2.17. The van der Waals surface area contributed by atoms with Crippen LogP contribution in [-0.2, 0) is 4.79 Å². The van der Waals surface area contributed by atoms with Crippen LogP contribution in [-0.4, -0.2) is 11.7 Å². The molecule has 0 aromatic heterocycles. The summed E-state index contributed by atoms with van der Waals surface area (Å²) in [5.41, 5.74) is 3.22. The second-order valence-corrected chi connectivity index (χ2v) is 7.83. The Morgan fingerprint density at radius 1 is 0.923 bits per heavy atom. The number of ketones is 1. The van der Waals surface area contributed by atoms with Gasteiger partial charge in [0.2, 0.25) is 5.91 Å². The van der Waals surface area contributed by atoms with Crippen molar-refractivity contribution in [3.05, 3.63) is 77.4 Å². The maximum absolute atomic E-state index is 12.6. The summed E-state index contributed by atoms with van der Waals surface area (Å²) in [6.07, 6.45) is 2.19. The lowest BCUT2D eigenvalue weighted by atomic mass is 10.0. The fourth-order valence-corrected chi connectivity index (χ4v) is 3.53. The molecule has 0 saturated heterocycles. The Morgan fingerprint density at radius 3 is 2.08 bits per heavy atom. The van der Waals surface area contributed by atoms with E-state index in [2.05, 4.69) is 39.1 Å². The minimum absolute atomic E-state index is 0.00936. The van der Waals surface area contributed by atoms with Gasteiger partial charge >= 0.3 is 0 Å². The molecule has 2 aromatic rings. The molecular weight excluding hydrogens is 322 g/mol. The molecule has 0 unspecified atom stereocenters. The van der Waals surface area contributed by atoms with Gasteiger partial charge in [-0.15, -0.1) is 0 Å². The lowest BCUT2D eigenvalue weighted by Gasteiger charge is -2.07. The van der Waals surface area contributed by atoms with E-state index in [-0.39, 0.29) is 28.9 Å². The second kappa shape index (κ2) is 6.91. The summed E-state index contributed by atoms with van der Waals surface area (Å²) in [6.45, 7) is 8.38. The fraction of sp³-hybridized carbons (Fsp3) is 0.304. The van der Waals surface area contributed by atoms with Crippen molar-refractivity contribution in [2.75, 3.05) is 5.32 Å². The second-order valence-electron chi connectivity index (χ2n) is 7.83. The van der Waals surface area contributed by atoms with Gasteiger partial charge in [0, 0.05) is 16.8 Å². The van der Waals surface area contributed by atoms with Gasteiger partial charge in [-0.1, -0.05) is 55.8 Å². The predicted octanol–water partition coefficient (Wildman–Crippen LogP) is 5.09. The van der Waals surface area contributed by atoms with Gasteiger partial charge in [-0.3, -0.25) is 9.59 Å². The van der Waals surface area contributed by atoms with E-state index in [9.17, 15) is 9.59 Å². The first-order chi connectivity index (χ1) is 12.3. The lowest BCUT2D eigenvalue weighted by molar-refractivity contribution is -0.118. The van der Waals surface area contributed by atoms with Crippen molar-refractivity contribution in [3.8, 4) is 0 Å². The monoisotopic (exact) mass is 347 g/mol. The van der Waals surface area contributed by atoms with Crippen LogP contribution in [0.5, 0.6) is 0 Å². The first-order valence-electron chi connectivity index (χ1n) is 8.96. The molecule has 26 heavy (non-hydrogen) atoms. The number of carbonyl (C=O) groups excluding carboxylic acids is 2. The molecule has 1 N–H and O–H groups in total. The highest BCUT2D eigenvalue weighted by Gasteiger charge is 2.60. The van der Waals surface area contributed by atoms with Crippen molar-refractivity contribution in [2.24, 2.45) is 17.3 Å². The van der Waals surface area contributed by atoms with Crippen molar-refractivity contribution in [3.63, 3.8) is 0 Å². The normalized spacial score (nSPS) is 20.2. The van der Waals surface area contributed by atoms with E-state index in [0.29, 0.717) is 11.1 Å². The zero-order chi connectivity index (χ0) is 18.9. The maximum atomic E-state index is 12.6. The molecule has 1 aliphatic carbocycles. The molecular formula is C23H25NO2. The van der Waals surface area contributed by atoms with E-state index in [4.69, 9.17) is 0 Å². The quantitative estimate of drug-likeness (QED) is 0.604. The Balaban J connectivity index is 1.68. The van der Waals surface area contributed by atoms with Gasteiger partial charge in [-0.05, 0) is 49.4 Å². The Morgan fingerprint density at radius 2 is 1.50 bits per heavy atom. The number of carbonyl (C=O) groups is 2. The average Bonchev–Trinajstić information content (AvgIpc) is 3.15. The summed E-state index contributed by atoms with van der Waals surface area (Å²) in [5.74, 6) is 0.296. The minimum atomic E-state index is -0.0181. The highest BCUT2D eigenvalue weighted by molar-refractivity contribution is 6.09. The summed E-state index contributed by atoms with van der Waals surface area (Å²) in [5, 5.41) is 2.99. The molecule has 3 nitrogen and oxygen atoms in total. The van der Waals surface area contributed by atoms with Gasteiger partial charge in [-0.2, -0.15) is 0 Å². The van der Waals surface area contributed by atoms with Crippen molar-refractivity contribution in [1.29, 1.82) is 0 Å². The number of nitrogens with one attached hydrogen (secondary N) is 1. The molecule has 0 bridgehead atoms. The van der Waals surface area contributed by atoms with Gasteiger partial charge in [-0.25, -0.2) is 0 Å². The molecule has 1 aliphatic rings. The zero-order valence-electron chi connectivity index (χ0n) is 15.7. The van der Waals surface area contributed by atoms with Crippen molar-refractivity contribution < 1.29 is 9.59 Å². The number of benzene rings is 2. The summed E-state index contributed by atoms with van der Waals surface area (Å²) in [4.78, 5) is 25.1. The number of allylic oxidation sites excluding steroid dienone is 2. The van der Waals surface area contributed by atoms with Crippen LogP contribution in [0.1, 0.15) is 43.6 Å². The molecule has 0 radical (unpaired) electrons. The zero-order valence-corrected chi connectivity index (χ0v) is 15.7. The van der Waals surface area contributed by atoms with Crippen LogP contribution in [0.25, 0.3) is 0 Å². The van der Waals surface area contributed by atoms with E-state index in [1.54, 1.807) is 36.4 Å². The molecule has 3 heteroatoms.